The number of benzene rings is 1. The summed E-state index contributed by atoms with van der Waals surface area (Å²) in [5.41, 5.74) is 0. The summed E-state index contributed by atoms with van der Waals surface area (Å²) >= 11 is 0. The topological polar surface area (TPSA) is 52.6 Å². The third-order valence-electron chi connectivity index (χ3n) is 2.84. The van der Waals surface area contributed by atoms with E-state index in [-0.39, 0.29) is 5.97 Å². The minimum Gasteiger partial charge on any atom is -0.497 e. The van der Waals surface area contributed by atoms with Gasteiger partial charge in [-0.25, -0.2) is 0 Å². The Balaban J connectivity index is 2.21. The van der Waals surface area contributed by atoms with Crippen LogP contribution in [0.25, 0.3) is 0 Å². The van der Waals surface area contributed by atoms with E-state index in [0.29, 0.717) is 18.8 Å². The van der Waals surface area contributed by atoms with Gasteiger partial charge in [0.05, 0.1) is 24.5 Å². The van der Waals surface area contributed by atoms with E-state index in [4.69, 9.17) is 9.47 Å². The smallest absolute Gasteiger partial charge is 0.305 e. The van der Waals surface area contributed by atoms with Gasteiger partial charge in [-0.05, 0) is 44.0 Å². The quantitative estimate of drug-likeness (QED) is 0.519. The normalized spacial score (nSPS) is 11.9. The zero-order valence-corrected chi connectivity index (χ0v) is 12.9. The molecular formula is C15H22O4S. The molecule has 1 aromatic carbocycles. The van der Waals surface area contributed by atoms with Crippen molar-refractivity contribution in [1.29, 1.82) is 0 Å². The second kappa shape index (κ2) is 9.53. The Hall–Kier alpha value is -1.36. The zero-order chi connectivity index (χ0) is 14.8. The lowest BCUT2D eigenvalue weighted by Crippen LogP contribution is -2.04. The van der Waals surface area contributed by atoms with Crippen molar-refractivity contribution in [3.63, 3.8) is 0 Å². The first-order valence-corrected chi connectivity index (χ1v) is 8.17. The first kappa shape index (κ1) is 16.7. The Morgan fingerprint density at radius 2 is 1.85 bits per heavy atom. The number of methoxy groups -OCH3 is 1. The lowest BCUT2D eigenvalue weighted by molar-refractivity contribution is -0.143. The summed E-state index contributed by atoms with van der Waals surface area (Å²) in [5, 5.41) is 0. The second-order valence-corrected chi connectivity index (χ2v) is 5.91. The van der Waals surface area contributed by atoms with Crippen LogP contribution in [0.2, 0.25) is 0 Å². The minimum atomic E-state index is -0.983. The molecule has 0 saturated heterocycles. The van der Waals surface area contributed by atoms with E-state index >= 15 is 0 Å². The highest BCUT2D eigenvalue weighted by atomic mass is 32.2. The van der Waals surface area contributed by atoms with Crippen LogP contribution in [0.3, 0.4) is 0 Å². The van der Waals surface area contributed by atoms with Crippen LogP contribution in [0.4, 0.5) is 0 Å². The van der Waals surface area contributed by atoms with Gasteiger partial charge in [-0.15, -0.1) is 0 Å². The summed E-state index contributed by atoms with van der Waals surface area (Å²) in [5.74, 6) is 1.23. The summed E-state index contributed by atoms with van der Waals surface area (Å²) in [6.07, 6.45) is 2.97. The van der Waals surface area contributed by atoms with E-state index in [1.54, 1.807) is 14.0 Å². The van der Waals surface area contributed by atoms with E-state index in [2.05, 4.69) is 0 Å². The lowest BCUT2D eigenvalue weighted by atomic mass is 10.2. The van der Waals surface area contributed by atoms with Crippen molar-refractivity contribution in [1.82, 2.24) is 0 Å². The number of esters is 1. The molecule has 0 amide bonds. The molecule has 0 aromatic heterocycles. The Morgan fingerprint density at radius 3 is 2.45 bits per heavy atom. The molecule has 0 fully saturated rings. The van der Waals surface area contributed by atoms with Crippen LogP contribution in [-0.2, 0) is 20.3 Å². The van der Waals surface area contributed by atoms with Crippen molar-refractivity contribution in [2.75, 3.05) is 19.5 Å². The van der Waals surface area contributed by atoms with Gasteiger partial charge in [-0.1, -0.05) is 6.42 Å². The maximum atomic E-state index is 12.0. The minimum absolute atomic E-state index is 0.149. The molecular weight excluding hydrogens is 276 g/mol. The van der Waals surface area contributed by atoms with Crippen LogP contribution in [0.5, 0.6) is 5.75 Å². The van der Waals surface area contributed by atoms with Gasteiger partial charge in [0, 0.05) is 17.1 Å². The molecule has 1 rings (SSSR count). The van der Waals surface area contributed by atoms with Gasteiger partial charge in [-0.3, -0.25) is 9.00 Å². The van der Waals surface area contributed by atoms with E-state index in [0.717, 1.165) is 29.9 Å². The molecule has 0 bridgehead atoms. The van der Waals surface area contributed by atoms with Crippen molar-refractivity contribution in [2.24, 2.45) is 0 Å². The molecule has 0 saturated carbocycles. The molecule has 0 spiro atoms. The summed E-state index contributed by atoms with van der Waals surface area (Å²) in [6.45, 7) is 2.23. The monoisotopic (exact) mass is 298 g/mol. The van der Waals surface area contributed by atoms with Crippen LogP contribution >= 0.6 is 0 Å². The second-order valence-electron chi connectivity index (χ2n) is 4.34. The Labute approximate surface area is 122 Å². The molecule has 0 aliphatic rings. The zero-order valence-electron chi connectivity index (χ0n) is 12.1. The number of hydrogen-bond donors (Lipinski definition) is 0. The molecule has 0 N–H and O–H groups in total. The highest BCUT2D eigenvalue weighted by Gasteiger charge is 2.05. The van der Waals surface area contributed by atoms with Crippen LogP contribution < -0.4 is 4.74 Å². The summed E-state index contributed by atoms with van der Waals surface area (Å²) in [6, 6.07) is 7.28. The molecule has 0 radical (unpaired) electrons. The molecule has 1 aromatic rings. The molecule has 4 nitrogen and oxygen atoms in total. The van der Waals surface area contributed by atoms with E-state index in [1.807, 2.05) is 24.3 Å². The largest absolute Gasteiger partial charge is 0.497 e. The number of rotatable bonds is 9. The number of carbonyl (C=O) groups excluding carboxylic acids is 1. The fraction of sp³-hybridized carbons (Fsp3) is 0.533. The summed E-state index contributed by atoms with van der Waals surface area (Å²) in [4.78, 5) is 11.9. The third-order valence-corrected chi connectivity index (χ3v) is 4.30. The first-order valence-electron chi connectivity index (χ1n) is 6.85. The van der Waals surface area contributed by atoms with Gasteiger partial charge < -0.3 is 9.47 Å². The highest BCUT2D eigenvalue weighted by molar-refractivity contribution is 7.85. The molecule has 1 unspecified atom stereocenters. The van der Waals surface area contributed by atoms with E-state index in [1.165, 1.54) is 0 Å². The molecule has 0 heterocycles. The van der Waals surface area contributed by atoms with Crippen molar-refractivity contribution < 1.29 is 18.5 Å². The Morgan fingerprint density at radius 1 is 1.15 bits per heavy atom. The molecule has 1 atom stereocenters. The first-order chi connectivity index (χ1) is 9.67. The van der Waals surface area contributed by atoms with E-state index < -0.39 is 10.8 Å². The van der Waals surface area contributed by atoms with Crippen molar-refractivity contribution in [3.05, 3.63) is 24.3 Å². The Kier molecular flexibility index (Phi) is 7.95. The van der Waals surface area contributed by atoms with Gasteiger partial charge in [0.25, 0.3) is 0 Å². The third kappa shape index (κ3) is 6.19. The van der Waals surface area contributed by atoms with E-state index in [9.17, 15) is 9.00 Å². The maximum absolute atomic E-state index is 12.0. The number of unbranched alkanes of at least 4 members (excludes halogenated alkanes) is 2. The number of ether oxygens (including phenoxy) is 2. The van der Waals surface area contributed by atoms with Crippen LogP contribution in [-0.4, -0.2) is 29.6 Å². The van der Waals surface area contributed by atoms with Gasteiger partial charge in [0.2, 0.25) is 0 Å². The summed E-state index contributed by atoms with van der Waals surface area (Å²) < 4.78 is 21.9. The van der Waals surface area contributed by atoms with Gasteiger partial charge in [-0.2, -0.15) is 0 Å². The predicted octanol–water partition coefficient (Wildman–Crippen LogP) is 2.93. The molecule has 0 aliphatic heterocycles. The maximum Gasteiger partial charge on any atom is 0.305 e. The molecule has 112 valence electrons. The average molecular weight is 298 g/mol. The predicted molar refractivity (Wildman–Crippen MR) is 79.4 cm³/mol. The van der Waals surface area contributed by atoms with Crippen molar-refractivity contribution >= 4 is 16.8 Å². The van der Waals surface area contributed by atoms with Crippen LogP contribution in [0, 0.1) is 0 Å². The summed E-state index contributed by atoms with van der Waals surface area (Å²) in [7, 11) is 0.624. The lowest BCUT2D eigenvalue weighted by Gasteiger charge is -2.04. The highest BCUT2D eigenvalue weighted by Crippen LogP contribution is 2.15. The standard InChI is InChI=1S/C15H22O4S/c1-3-19-15(16)7-5-4-6-12-20(17)14-10-8-13(18-2)9-11-14/h8-11H,3-7,12H2,1-2H3. The van der Waals surface area contributed by atoms with Crippen LogP contribution in [0.15, 0.2) is 29.2 Å². The van der Waals surface area contributed by atoms with Gasteiger partial charge in [0.1, 0.15) is 5.75 Å². The molecule has 5 heteroatoms. The average Bonchev–Trinajstić information content (AvgIpc) is 2.47. The molecule has 20 heavy (non-hydrogen) atoms. The van der Waals surface area contributed by atoms with Gasteiger partial charge in [0.15, 0.2) is 0 Å². The van der Waals surface area contributed by atoms with Gasteiger partial charge >= 0.3 is 5.97 Å². The number of hydrogen-bond acceptors (Lipinski definition) is 4. The van der Waals surface area contributed by atoms with Crippen molar-refractivity contribution in [3.8, 4) is 5.75 Å². The number of carbonyl (C=O) groups is 1. The van der Waals surface area contributed by atoms with Crippen LogP contribution in [0.1, 0.15) is 32.6 Å². The Bertz CT molecular complexity index is 428. The SMILES string of the molecule is CCOC(=O)CCCCCS(=O)c1ccc(OC)cc1. The fourth-order valence-electron chi connectivity index (χ4n) is 1.76. The molecule has 0 aliphatic carbocycles. The fourth-order valence-corrected chi connectivity index (χ4v) is 2.90. The van der Waals surface area contributed by atoms with Crippen molar-refractivity contribution in [2.45, 2.75) is 37.5 Å².